The zero-order valence-electron chi connectivity index (χ0n) is 15.6. The van der Waals surface area contributed by atoms with E-state index in [4.69, 9.17) is 9.36 Å². The second-order valence-electron chi connectivity index (χ2n) is 6.92. The normalized spacial score (nSPS) is 11.4. The monoisotopic (exact) mass is 388 g/mol. The van der Waals surface area contributed by atoms with Gasteiger partial charge in [-0.2, -0.15) is 5.48 Å². The predicted molar refractivity (Wildman–Crippen MR) is 104 cm³/mol. The van der Waals surface area contributed by atoms with Crippen LogP contribution >= 0.6 is 11.3 Å². The van der Waals surface area contributed by atoms with Gasteiger partial charge in [0, 0.05) is 34.7 Å². The summed E-state index contributed by atoms with van der Waals surface area (Å²) in [5.41, 5.74) is 3.63. The van der Waals surface area contributed by atoms with Gasteiger partial charge in [-0.05, 0) is 12.1 Å². The molecule has 0 aliphatic carbocycles. The molecular formula is C18H22N5O3S+. The van der Waals surface area contributed by atoms with Crippen LogP contribution in [0, 0.1) is 0 Å². The van der Waals surface area contributed by atoms with Crippen LogP contribution in [0.1, 0.15) is 37.0 Å². The summed E-state index contributed by atoms with van der Waals surface area (Å²) in [6.07, 6.45) is 0. The number of nitrogens with one attached hydrogen (secondary N) is 2. The van der Waals surface area contributed by atoms with Crippen molar-refractivity contribution in [2.75, 3.05) is 17.7 Å². The highest BCUT2D eigenvalue weighted by Crippen LogP contribution is 2.25. The lowest BCUT2D eigenvalue weighted by Crippen LogP contribution is -2.75. The number of carbonyl (C=O) groups is 1. The number of anilines is 3. The number of nitrogens with zero attached hydrogens (tertiary/aromatic N) is 2. The number of carbonyl (C=O) groups excluding carboxylic acids is 1. The van der Waals surface area contributed by atoms with Gasteiger partial charge in [-0.1, -0.05) is 25.9 Å². The maximum atomic E-state index is 12.4. The lowest BCUT2D eigenvalue weighted by atomic mass is 9.93. The van der Waals surface area contributed by atoms with Crippen molar-refractivity contribution >= 4 is 39.6 Å². The third-order valence-electron chi connectivity index (χ3n) is 3.64. The van der Waals surface area contributed by atoms with E-state index >= 15 is 0 Å². The summed E-state index contributed by atoms with van der Waals surface area (Å²) in [5, 5.41) is 12.1. The molecule has 2 aromatic heterocycles. The Hall–Kier alpha value is -2.75. The van der Waals surface area contributed by atoms with Crippen LogP contribution in [0.4, 0.5) is 22.3 Å². The van der Waals surface area contributed by atoms with E-state index in [0.717, 1.165) is 11.4 Å². The molecule has 0 bridgehead atoms. The number of benzene rings is 1. The van der Waals surface area contributed by atoms with Crippen LogP contribution in [0.3, 0.4) is 0 Å². The first kappa shape index (κ1) is 19.0. The van der Waals surface area contributed by atoms with Crippen LogP contribution in [0.5, 0.6) is 0 Å². The van der Waals surface area contributed by atoms with Crippen molar-refractivity contribution < 1.29 is 19.6 Å². The zero-order chi connectivity index (χ0) is 19.4. The quantitative estimate of drug-likeness (QED) is 0.442. The number of amides is 1. The fourth-order valence-electron chi connectivity index (χ4n) is 2.21. The molecule has 27 heavy (non-hydrogen) atoms. The van der Waals surface area contributed by atoms with Crippen molar-refractivity contribution in [3.63, 3.8) is 0 Å². The lowest BCUT2D eigenvalue weighted by molar-refractivity contribution is -0.830. The van der Waals surface area contributed by atoms with Crippen molar-refractivity contribution in [3.05, 3.63) is 47.2 Å². The number of quaternary nitrogens is 1. The van der Waals surface area contributed by atoms with Crippen LogP contribution in [0.15, 0.2) is 40.2 Å². The van der Waals surface area contributed by atoms with Gasteiger partial charge in [-0.15, -0.1) is 11.3 Å². The minimum Gasteiger partial charge on any atom is -0.359 e. The minimum absolute atomic E-state index is 0.176. The van der Waals surface area contributed by atoms with E-state index in [1.165, 1.54) is 11.3 Å². The Morgan fingerprint density at radius 1 is 1.26 bits per heavy atom. The Labute approximate surface area is 160 Å². The molecule has 0 aliphatic heterocycles. The highest BCUT2D eigenvalue weighted by Gasteiger charge is 2.21. The van der Waals surface area contributed by atoms with Crippen LogP contribution in [-0.2, 0) is 10.3 Å². The van der Waals surface area contributed by atoms with Gasteiger partial charge in [-0.25, -0.2) is 9.82 Å². The van der Waals surface area contributed by atoms with Gasteiger partial charge in [0.1, 0.15) is 11.5 Å². The number of hydrogen-bond acceptors (Lipinski definition) is 7. The van der Waals surface area contributed by atoms with Gasteiger partial charge in [0.25, 0.3) is 5.91 Å². The third-order valence-corrected chi connectivity index (χ3v) is 4.40. The molecule has 0 saturated heterocycles. The fourth-order valence-corrected chi connectivity index (χ4v) is 2.92. The summed E-state index contributed by atoms with van der Waals surface area (Å²) in [7, 11) is 1.61. The van der Waals surface area contributed by atoms with E-state index in [1.807, 2.05) is 45.0 Å². The fraction of sp³-hybridized carbons (Fsp3) is 0.278. The molecule has 3 aromatic rings. The summed E-state index contributed by atoms with van der Waals surface area (Å²) in [4.78, 5) is 21.7. The molecule has 0 saturated carbocycles. The molecule has 2 heterocycles. The van der Waals surface area contributed by atoms with Crippen LogP contribution in [-0.4, -0.2) is 23.2 Å². The van der Waals surface area contributed by atoms with Gasteiger partial charge in [-0.3, -0.25) is 4.79 Å². The van der Waals surface area contributed by atoms with E-state index in [2.05, 4.69) is 20.8 Å². The molecule has 0 unspecified atom stereocenters. The largest absolute Gasteiger partial charge is 0.359 e. The van der Waals surface area contributed by atoms with E-state index < -0.39 is 0 Å². The molecule has 8 nitrogen and oxygen atoms in total. The molecular weight excluding hydrogens is 366 g/mol. The molecule has 1 amide bonds. The average molecular weight is 388 g/mol. The molecule has 0 fully saturated rings. The summed E-state index contributed by atoms with van der Waals surface area (Å²) in [6.45, 7) is 6.03. The highest BCUT2D eigenvalue weighted by molar-refractivity contribution is 7.14. The van der Waals surface area contributed by atoms with Gasteiger partial charge < -0.3 is 15.2 Å². The highest BCUT2D eigenvalue weighted by atomic mass is 32.1. The second-order valence-corrected chi connectivity index (χ2v) is 7.78. The summed E-state index contributed by atoms with van der Waals surface area (Å²) in [5.74, 6) is 0.739. The van der Waals surface area contributed by atoms with Crippen molar-refractivity contribution in [2.24, 2.45) is 0 Å². The molecule has 3 rings (SSSR count). The molecule has 0 radical (unpaired) electrons. The number of rotatable bonds is 6. The Morgan fingerprint density at radius 2 is 2.00 bits per heavy atom. The van der Waals surface area contributed by atoms with Crippen LogP contribution in [0.25, 0.3) is 0 Å². The van der Waals surface area contributed by atoms with Crippen LogP contribution < -0.4 is 16.1 Å². The Balaban J connectivity index is 1.62. The molecule has 142 valence electrons. The molecule has 0 atom stereocenters. The maximum absolute atomic E-state index is 12.4. The zero-order valence-corrected chi connectivity index (χ0v) is 16.4. The number of aromatic nitrogens is 2. The van der Waals surface area contributed by atoms with Crippen LogP contribution in [0.2, 0.25) is 0 Å². The Morgan fingerprint density at radius 3 is 2.63 bits per heavy atom. The topological polar surface area (TPSA) is 106 Å². The SMILES string of the molecule is CO[NH2+]c1ccc(Nc2nc(C(=O)Nc3cc(C(C)(C)C)on3)cs2)cc1. The average Bonchev–Trinajstić information content (AvgIpc) is 3.26. The first-order valence-electron chi connectivity index (χ1n) is 8.32. The summed E-state index contributed by atoms with van der Waals surface area (Å²) < 4.78 is 5.27. The summed E-state index contributed by atoms with van der Waals surface area (Å²) >= 11 is 1.35. The van der Waals surface area contributed by atoms with E-state index in [0.29, 0.717) is 22.4 Å². The van der Waals surface area contributed by atoms with E-state index in [1.54, 1.807) is 24.0 Å². The lowest BCUT2D eigenvalue weighted by Gasteiger charge is -2.11. The van der Waals surface area contributed by atoms with Gasteiger partial charge in [0.05, 0.1) is 7.11 Å². The minimum atomic E-state index is -0.335. The number of hydrogen-bond donors (Lipinski definition) is 3. The molecule has 4 N–H and O–H groups in total. The Kier molecular flexibility index (Phi) is 5.54. The molecule has 1 aromatic carbocycles. The molecule has 0 aliphatic rings. The smallest absolute Gasteiger partial charge is 0.276 e. The summed E-state index contributed by atoms with van der Waals surface area (Å²) in [6, 6.07) is 9.39. The van der Waals surface area contributed by atoms with Crippen molar-refractivity contribution in [3.8, 4) is 0 Å². The van der Waals surface area contributed by atoms with Gasteiger partial charge >= 0.3 is 0 Å². The first-order chi connectivity index (χ1) is 12.8. The Bertz CT molecular complexity index is 912. The third kappa shape index (κ3) is 4.91. The van der Waals surface area contributed by atoms with E-state index in [9.17, 15) is 4.79 Å². The van der Waals surface area contributed by atoms with Gasteiger partial charge in [0.15, 0.2) is 16.6 Å². The van der Waals surface area contributed by atoms with Crippen molar-refractivity contribution in [1.29, 1.82) is 0 Å². The molecule has 9 heteroatoms. The predicted octanol–water partition coefficient (Wildman–Crippen LogP) is 3.18. The van der Waals surface area contributed by atoms with Crippen molar-refractivity contribution in [2.45, 2.75) is 26.2 Å². The van der Waals surface area contributed by atoms with Gasteiger partial charge in [0.2, 0.25) is 0 Å². The second kappa shape index (κ2) is 7.87. The van der Waals surface area contributed by atoms with Crippen molar-refractivity contribution in [1.82, 2.24) is 10.1 Å². The number of thiazole rings is 1. The first-order valence-corrected chi connectivity index (χ1v) is 9.20. The number of nitrogens with two attached hydrogens (primary N) is 1. The van der Waals surface area contributed by atoms with E-state index in [-0.39, 0.29) is 11.3 Å². The molecule has 0 spiro atoms. The maximum Gasteiger partial charge on any atom is 0.276 e. The standard InChI is InChI=1S/C18H21N5O3S/c1-18(2,3)14-9-15(23-26-14)21-16(24)13-10-27-17(20-13)19-11-5-7-12(8-6-11)22-25-4/h5-10,22H,1-4H3,(H,19,20)(H,21,23,24)/p+1.